The highest BCUT2D eigenvalue weighted by atomic mass is 127. The molecule has 1 aromatic heterocycles. The molecule has 4 aromatic rings. The highest BCUT2D eigenvalue weighted by molar-refractivity contribution is 14.1. The maximum absolute atomic E-state index is 12.2. The molecule has 0 aliphatic rings. The van der Waals surface area contributed by atoms with E-state index in [0.29, 0.717) is 5.56 Å². The maximum Gasteiger partial charge on any atom is 0.271 e. The van der Waals surface area contributed by atoms with Crippen molar-refractivity contribution >= 4 is 61.5 Å². The zero-order valence-corrected chi connectivity index (χ0v) is 19.1. The Kier molecular flexibility index (Phi) is 6.10. The fraction of sp³-hybridized carbons (Fsp3) is 0.0435. The molecule has 1 heterocycles. The van der Waals surface area contributed by atoms with Gasteiger partial charge in [0.05, 0.1) is 6.21 Å². The Bertz CT molecular complexity index is 1180. The number of carbonyl (C=O) groups is 1. The van der Waals surface area contributed by atoms with Crippen molar-refractivity contribution in [3.05, 3.63) is 104 Å². The van der Waals surface area contributed by atoms with E-state index in [2.05, 4.69) is 96.2 Å². The summed E-state index contributed by atoms with van der Waals surface area (Å²) >= 11 is 5.68. The largest absolute Gasteiger partial charge is 0.342 e. The van der Waals surface area contributed by atoms with Gasteiger partial charge in [-0.15, -0.1) is 0 Å². The number of aromatic nitrogens is 1. The number of amides is 1. The van der Waals surface area contributed by atoms with Crippen LogP contribution in [0.1, 0.15) is 21.5 Å². The molecule has 0 saturated carbocycles. The van der Waals surface area contributed by atoms with Crippen LogP contribution < -0.4 is 5.43 Å². The van der Waals surface area contributed by atoms with Gasteiger partial charge in [-0.25, -0.2) is 5.43 Å². The molecular formula is C23H17BrIN3O. The third-order valence-corrected chi connectivity index (χ3v) is 5.81. The third kappa shape index (κ3) is 4.76. The van der Waals surface area contributed by atoms with Gasteiger partial charge >= 0.3 is 0 Å². The second kappa shape index (κ2) is 8.92. The average molecular weight is 558 g/mol. The van der Waals surface area contributed by atoms with Gasteiger partial charge in [-0.05, 0) is 70.6 Å². The predicted octanol–water partition coefficient (Wildman–Crippen LogP) is 5.82. The van der Waals surface area contributed by atoms with E-state index in [9.17, 15) is 4.79 Å². The molecule has 0 bridgehead atoms. The molecule has 0 radical (unpaired) electrons. The minimum absolute atomic E-state index is 0.239. The van der Waals surface area contributed by atoms with Crippen LogP contribution in [0.25, 0.3) is 10.9 Å². The van der Waals surface area contributed by atoms with E-state index in [0.717, 1.165) is 27.5 Å². The number of hydrogen-bond acceptors (Lipinski definition) is 2. The topological polar surface area (TPSA) is 46.4 Å². The number of rotatable bonds is 5. The van der Waals surface area contributed by atoms with Gasteiger partial charge in [-0.3, -0.25) is 4.79 Å². The van der Waals surface area contributed by atoms with Crippen molar-refractivity contribution in [2.75, 3.05) is 0 Å². The number of halogens is 2. The average Bonchev–Trinajstić information content (AvgIpc) is 3.08. The Morgan fingerprint density at radius 1 is 1.03 bits per heavy atom. The van der Waals surface area contributed by atoms with Gasteiger partial charge in [-0.2, -0.15) is 5.10 Å². The summed E-state index contributed by atoms with van der Waals surface area (Å²) in [6.07, 6.45) is 3.77. The Labute approximate surface area is 190 Å². The summed E-state index contributed by atoms with van der Waals surface area (Å²) in [6.45, 7) is 0.774. The molecule has 0 aliphatic heterocycles. The summed E-state index contributed by atoms with van der Waals surface area (Å²) in [7, 11) is 0. The zero-order chi connectivity index (χ0) is 20.2. The third-order valence-electron chi connectivity index (χ3n) is 4.56. The molecule has 0 aliphatic carbocycles. The molecule has 0 saturated heterocycles. The first-order chi connectivity index (χ1) is 14.1. The first-order valence-electron chi connectivity index (χ1n) is 9.01. The molecule has 6 heteroatoms. The molecule has 144 valence electrons. The Morgan fingerprint density at radius 2 is 1.76 bits per heavy atom. The summed E-state index contributed by atoms with van der Waals surface area (Å²) in [6, 6.07) is 23.9. The van der Waals surface area contributed by atoms with E-state index in [4.69, 9.17) is 0 Å². The summed E-state index contributed by atoms with van der Waals surface area (Å²) in [5, 5.41) is 5.27. The van der Waals surface area contributed by atoms with E-state index in [1.807, 2.05) is 24.3 Å². The normalized spacial score (nSPS) is 11.2. The predicted molar refractivity (Wildman–Crippen MR) is 129 cm³/mol. The van der Waals surface area contributed by atoms with Crippen LogP contribution in [0.5, 0.6) is 0 Å². The van der Waals surface area contributed by atoms with Crippen LogP contribution in [-0.4, -0.2) is 16.7 Å². The second-order valence-corrected chi connectivity index (χ2v) is 8.72. The van der Waals surface area contributed by atoms with Crippen molar-refractivity contribution in [1.29, 1.82) is 0 Å². The summed E-state index contributed by atoms with van der Waals surface area (Å²) < 4.78 is 4.35. The van der Waals surface area contributed by atoms with E-state index in [1.165, 1.54) is 9.13 Å². The number of para-hydroxylation sites is 1. The lowest BCUT2D eigenvalue weighted by Gasteiger charge is -2.05. The molecule has 0 fully saturated rings. The van der Waals surface area contributed by atoms with E-state index < -0.39 is 0 Å². The van der Waals surface area contributed by atoms with E-state index in [1.54, 1.807) is 18.3 Å². The minimum atomic E-state index is -0.239. The number of hydrogen-bond donors (Lipinski definition) is 1. The number of hydrazone groups is 1. The monoisotopic (exact) mass is 557 g/mol. The van der Waals surface area contributed by atoms with Crippen LogP contribution in [0.2, 0.25) is 0 Å². The number of nitrogens with zero attached hydrogens (tertiary/aromatic N) is 2. The Morgan fingerprint density at radius 3 is 2.52 bits per heavy atom. The van der Waals surface area contributed by atoms with Gasteiger partial charge in [0.1, 0.15) is 0 Å². The maximum atomic E-state index is 12.2. The van der Waals surface area contributed by atoms with Crippen molar-refractivity contribution in [2.45, 2.75) is 6.54 Å². The Balaban J connectivity index is 1.55. The lowest BCUT2D eigenvalue weighted by atomic mass is 10.2. The van der Waals surface area contributed by atoms with Gasteiger partial charge in [-0.1, -0.05) is 46.3 Å². The van der Waals surface area contributed by atoms with E-state index in [-0.39, 0.29) is 5.91 Å². The van der Waals surface area contributed by atoms with Crippen molar-refractivity contribution in [1.82, 2.24) is 9.99 Å². The van der Waals surface area contributed by atoms with Crippen molar-refractivity contribution in [2.24, 2.45) is 5.10 Å². The van der Waals surface area contributed by atoms with Crippen LogP contribution in [0.4, 0.5) is 0 Å². The number of benzene rings is 3. The lowest BCUT2D eigenvalue weighted by molar-refractivity contribution is 0.0955. The second-order valence-electron chi connectivity index (χ2n) is 6.56. The highest BCUT2D eigenvalue weighted by Gasteiger charge is 2.08. The van der Waals surface area contributed by atoms with Crippen LogP contribution in [0.3, 0.4) is 0 Å². The molecule has 4 rings (SSSR count). The molecule has 1 N–H and O–H groups in total. The lowest BCUT2D eigenvalue weighted by Crippen LogP contribution is -2.17. The fourth-order valence-corrected chi connectivity index (χ4v) is 3.75. The molecule has 0 spiro atoms. The molecule has 0 atom stereocenters. The number of carbonyl (C=O) groups excluding carboxylic acids is 1. The fourth-order valence-electron chi connectivity index (χ4n) is 3.12. The summed E-state index contributed by atoms with van der Waals surface area (Å²) in [5.41, 5.74) is 6.49. The molecule has 29 heavy (non-hydrogen) atoms. The summed E-state index contributed by atoms with van der Waals surface area (Å²) in [5.74, 6) is -0.239. The summed E-state index contributed by atoms with van der Waals surface area (Å²) in [4.78, 5) is 12.2. The van der Waals surface area contributed by atoms with Crippen molar-refractivity contribution in [3.8, 4) is 0 Å². The molecule has 1 amide bonds. The molecular weight excluding hydrogens is 541 g/mol. The molecule has 4 nitrogen and oxygen atoms in total. The first-order valence-corrected chi connectivity index (χ1v) is 10.9. The molecule has 0 unspecified atom stereocenters. The minimum Gasteiger partial charge on any atom is -0.342 e. The van der Waals surface area contributed by atoms with Crippen LogP contribution in [0.15, 0.2) is 88.6 Å². The number of nitrogens with one attached hydrogen (secondary N) is 1. The van der Waals surface area contributed by atoms with Crippen molar-refractivity contribution in [3.63, 3.8) is 0 Å². The van der Waals surface area contributed by atoms with Crippen LogP contribution in [-0.2, 0) is 6.54 Å². The Hall–Kier alpha value is -2.45. The van der Waals surface area contributed by atoms with Gasteiger partial charge in [0.25, 0.3) is 5.91 Å². The van der Waals surface area contributed by atoms with Gasteiger partial charge < -0.3 is 4.57 Å². The zero-order valence-electron chi connectivity index (χ0n) is 15.3. The number of fused-ring (bicyclic) bond motifs is 1. The van der Waals surface area contributed by atoms with Crippen LogP contribution >= 0.6 is 38.5 Å². The van der Waals surface area contributed by atoms with Crippen molar-refractivity contribution < 1.29 is 4.79 Å². The smallest absolute Gasteiger partial charge is 0.271 e. The quantitative estimate of drug-likeness (QED) is 0.187. The van der Waals surface area contributed by atoms with Gasteiger partial charge in [0, 0.05) is 42.8 Å². The van der Waals surface area contributed by atoms with E-state index >= 15 is 0 Å². The molecule has 3 aromatic carbocycles. The SMILES string of the molecule is O=C(N/N=C\c1cn(Cc2ccc(I)cc2)c2ccccc12)c1ccc(Br)cc1. The van der Waals surface area contributed by atoms with Crippen LogP contribution in [0, 0.1) is 3.57 Å². The standard InChI is InChI=1S/C23H17BrIN3O/c24-19-9-7-17(8-10-19)23(29)27-26-13-18-15-28(22-4-2-1-3-21(18)22)14-16-5-11-20(25)12-6-16/h1-13,15H,14H2,(H,27,29)/b26-13-. The first kappa shape index (κ1) is 19.8. The highest BCUT2D eigenvalue weighted by Crippen LogP contribution is 2.21. The van der Waals surface area contributed by atoms with Gasteiger partial charge in [0.2, 0.25) is 0 Å². The van der Waals surface area contributed by atoms with Gasteiger partial charge in [0.15, 0.2) is 0 Å².